The number of nitrogens with zero attached hydrogens (tertiary/aromatic N) is 1. The summed E-state index contributed by atoms with van der Waals surface area (Å²) in [5.74, 6) is 0. The maximum atomic E-state index is 12.5. The third kappa shape index (κ3) is 2.83. The Kier molecular flexibility index (Phi) is 4.27. The molecule has 0 amide bonds. The monoisotopic (exact) mass is 324 g/mol. The summed E-state index contributed by atoms with van der Waals surface area (Å²) in [6.07, 6.45) is 0.653. The lowest BCUT2D eigenvalue weighted by atomic mass is 10.3. The Morgan fingerprint density at radius 3 is 2.42 bits per heavy atom. The van der Waals surface area contributed by atoms with Gasteiger partial charge in [0.05, 0.1) is 22.7 Å². The van der Waals surface area contributed by atoms with E-state index in [0.717, 1.165) is 0 Å². The lowest BCUT2D eigenvalue weighted by Gasteiger charge is -2.23. The molecule has 1 saturated heterocycles. The highest BCUT2D eigenvalue weighted by atomic mass is 35.5. The van der Waals surface area contributed by atoms with Crippen LogP contribution in [0.4, 0.5) is 5.69 Å². The van der Waals surface area contributed by atoms with E-state index >= 15 is 0 Å². The van der Waals surface area contributed by atoms with Crippen molar-refractivity contribution in [2.45, 2.75) is 17.4 Å². The summed E-state index contributed by atoms with van der Waals surface area (Å²) in [4.78, 5) is -0.112. The van der Waals surface area contributed by atoms with Gasteiger partial charge in [-0.2, -0.15) is 4.31 Å². The Bertz CT molecular complexity index is 563. The molecule has 1 heterocycles. The van der Waals surface area contributed by atoms with Crippen LogP contribution in [0, 0.1) is 0 Å². The lowest BCUT2D eigenvalue weighted by molar-refractivity contribution is 0.181. The quantitative estimate of drug-likeness (QED) is 0.863. The number of hydrogen-bond acceptors (Lipinski definition) is 4. The van der Waals surface area contributed by atoms with Crippen molar-refractivity contribution >= 4 is 38.9 Å². The van der Waals surface area contributed by atoms with Crippen LogP contribution in [-0.4, -0.2) is 39.0 Å². The van der Waals surface area contributed by atoms with Gasteiger partial charge in [0, 0.05) is 19.3 Å². The van der Waals surface area contributed by atoms with E-state index in [1.165, 1.54) is 23.5 Å². The second kappa shape index (κ2) is 5.46. The van der Waals surface area contributed by atoms with Crippen LogP contribution in [0.3, 0.4) is 0 Å². The van der Waals surface area contributed by atoms with Crippen LogP contribution >= 0.6 is 23.2 Å². The summed E-state index contributed by atoms with van der Waals surface area (Å²) in [6.45, 7) is 0.924. The van der Waals surface area contributed by atoms with E-state index in [-0.39, 0.29) is 21.0 Å². The SMILES string of the molecule is CN(C1CCOC1)S(=O)(=O)c1c(Cl)cc(N)cc1Cl. The van der Waals surface area contributed by atoms with Gasteiger partial charge in [-0.15, -0.1) is 0 Å². The molecule has 19 heavy (non-hydrogen) atoms. The molecule has 0 saturated carbocycles. The summed E-state index contributed by atoms with van der Waals surface area (Å²) in [7, 11) is -2.27. The van der Waals surface area contributed by atoms with Crippen molar-refractivity contribution in [1.82, 2.24) is 4.31 Å². The molecule has 8 heteroatoms. The molecule has 0 spiro atoms. The molecular weight excluding hydrogens is 311 g/mol. The fourth-order valence-electron chi connectivity index (χ4n) is 1.98. The van der Waals surface area contributed by atoms with Gasteiger partial charge in [0.2, 0.25) is 10.0 Å². The molecule has 106 valence electrons. The largest absolute Gasteiger partial charge is 0.399 e. The van der Waals surface area contributed by atoms with Gasteiger partial charge in [0.15, 0.2) is 0 Å². The summed E-state index contributed by atoms with van der Waals surface area (Å²) in [5.41, 5.74) is 5.89. The Balaban J connectivity index is 2.44. The zero-order chi connectivity index (χ0) is 14.2. The minimum Gasteiger partial charge on any atom is -0.399 e. The third-order valence-electron chi connectivity index (χ3n) is 3.08. The molecule has 0 radical (unpaired) electrons. The zero-order valence-corrected chi connectivity index (χ0v) is 12.6. The molecular formula is C11H14Cl2N2O3S. The highest BCUT2D eigenvalue weighted by Gasteiger charge is 2.33. The average molecular weight is 325 g/mol. The van der Waals surface area contributed by atoms with Crippen LogP contribution < -0.4 is 5.73 Å². The topological polar surface area (TPSA) is 72.6 Å². The fraction of sp³-hybridized carbons (Fsp3) is 0.455. The van der Waals surface area contributed by atoms with Crippen molar-refractivity contribution in [3.05, 3.63) is 22.2 Å². The maximum absolute atomic E-state index is 12.5. The van der Waals surface area contributed by atoms with Crippen LogP contribution in [0.5, 0.6) is 0 Å². The molecule has 1 aliphatic rings. The first-order valence-corrected chi connectivity index (χ1v) is 7.84. The van der Waals surface area contributed by atoms with Gasteiger partial charge >= 0.3 is 0 Å². The normalized spacial score (nSPS) is 20.1. The van der Waals surface area contributed by atoms with E-state index in [1.54, 1.807) is 0 Å². The van der Waals surface area contributed by atoms with Crippen molar-refractivity contribution in [2.75, 3.05) is 26.0 Å². The molecule has 1 aliphatic heterocycles. The summed E-state index contributed by atoms with van der Waals surface area (Å²) < 4.78 is 31.5. The Morgan fingerprint density at radius 1 is 1.37 bits per heavy atom. The van der Waals surface area contributed by atoms with Crippen molar-refractivity contribution in [3.63, 3.8) is 0 Å². The van der Waals surface area contributed by atoms with Crippen molar-refractivity contribution in [3.8, 4) is 0 Å². The molecule has 1 fully saturated rings. The lowest BCUT2D eigenvalue weighted by Crippen LogP contribution is -2.37. The van der Waals surface area contributed by atoms with Crippen LogP contribution in [0.2, 0.25) is 10.0 Å². The summed E-state index contributed by atoms with van der Waals surface area (Å²) in [6, 6.07) is 2.55. The third-order valence-corrected chi connectivity index (χ3v) is 5.91. The predicted octanol–water partition coefficient (Wildman–Crippen LogP) is 1.99. The molecule has 0 aromatic heterocycles. The molecule has 1 unspecified atom stereocenters. The second-order valence-corrected chi connectivity index (χ2v) is 7.10. The second-order valence-electron chi connectivity index (χ2n) is 4.35. The van der Waals surface area contributed by atoms with Gasteiger partial charge < -0.3 is 10.5 Å². The summed E-state index contributed by atoms with van der Waals surface area (Å²) >= 11 is 11.9. The molecule has 0 bridgehead atoms. The van der Waals surface area contributed by atoms with Gasteiger partial charge in [-0.05, 0) is 18.6 Å². The van der Waals surface area contributed by atoms with Gasteiger partial charge in [-0.3, -0.25) is 0 Å². The van der Waals surface area contributed by atoms with Crippen LogP contribution in [0.25, 0.3) is 0 Å². The molecule has 1 aromatic carbocycles. The number of sulfonamides is 1. The summed E-state index contributed by atoms with van der Waals surface area (Å²) in [5, 5.41) is 0.0477. The first-order valence-electron chi connectivity index (χ1n) is 5.64. The van der Waals surface area contributed by atoms with Crippen LogP contribution in [0.1, 0.15) is 6.42 Å². The Labute approximate surface area is 122 Å². The molecule has 2 rings (SSSR count). The smallest absolute Gasteiger partial charge is 0.246 e. The van der Waals surface area contributed by atoms with E-state index in [4.69, 9.17) is 33.7 Å². The Morgan fingerprint density at radius 2 is 1.95 bits per heavy atom. The molecule has 5 nitrogen and oxygen atoms in total. The molecule has 2 N–H and O–H groups in total. The van der Waals surface area contributed by atoms with Crippen LogP contribution in [-0.2, 0) is 14.8 Å². The number of ether oxygens (including phenoxy) is 1. The van der Waals surface area contributed by atoms with Crippen molar-refractivity contribution < 1.29 is 13.2 Å². The van der Waals surface area contributed by atoms with E-state index in [0.29, 0.717) is 25.3 Å². The predicted molar refractivity (Wildman–Crippen MR) is 75.0 cm³/mol. The molecule has 0 aliphatic carbocycles. The Hall–Kier alpha value is -0.530. The first kappa shape index (κ1) is 14.9. The zero-order valence-electron chi connectivity index (χ0n) is 10.3. The van der Waals surface area contributed by atoms with Crippen molar-refractivity contribution in [1.29, 1.82) is 0 Å². The van der Waals surface area contributed by atoms with E-state index in [9.17, 15) is 8.42 Å². The maximum Gasteiger partial charge on any atom is 0.246 e. The number of nitrogen functional groups attached to an aromatic ring is 1. The molecule has 1 atom stereocenters. The number of rotatable bonds is 3. The number of anilines is 1. The van der Waals surface area contributed by atoms with Gasteiger partial charge in [-0.1, -0.05) is 23.2 Å². The van der Waals surface area contributed by atoms with E-state index in [2.05, 4.69) is 0 Å². The van der Waals surface area contributed by atoms with Crippen molar-refractivity contribution in [2.24, 2.45) is 0 Å². The minimum atomic E-state index is -3.77. The van der Waals surface area contributed by atoms with E-state index in [1.807, 2.05) is 0 Å². The van der Waals surface area contributed by atoms with Gasteiger partial charge in [0.25, 0.3) is 0 Å². The number of likely N-dealkylation sites (N-methyl/N-ethyl adjacent to an activating group) is 1. The standard InChI is InChI=1S/C11H14Cl2N2O3S/c1-15(8-2-3-18-6-8)19(16,17)11-9(12)4-7(14)5-10(11)13/h4-5,8H,2-3,6,14H2,1H3. The highest BCUT2D eigenvalue weighted by molar-refractivity contribution is 7.89. The number of nitrogens with two attached hydrogens (primary N) is 1. The minimum absolute atomic E-state index is 0.0239. The average Bonchev–Trinajstić information content (AvgIpc) is 2.78. The number of benzene rings is 1. The number of halogens is 2. The van der Waals surface area contributed by atoms with Gasteiger partial charge in [0.1, 0.15) is 4.90 Å². The van der Waals surface area contributed by atoms with E-state index < -0.39 is 10.0 Å². The van der Waals surface area contributed by atoms with Gasteiger partial charge in [-0.25, -0.2) is 8.42 Å². The highest BCUT2D eigenvalue weighted by Crippen LogP contribution is 2.34. The molecule has 1 aromatic rings. The first-order chi connectivity index (χ1) is 8.84. The fourth-order valence-corrected chi connectivity index (χ4v) is 4.52. The number of hydrogen-bond donors (Lipinski definition) is 1. The van der Waals surface area contributed by atoms with Crippen LogP contribution in [0.15, 0.2) is 17.0 Å².